The maximum atomic E-state index is 13.0. The largest absolute Gasteiger partial charge is 0.457 e. The predicted molar refractivity (Wildman–Crippen MR) is 252 cm³/mol. The zero-order valence-electron chi connectivity index (χ0n) is 40.2. The third-order valence-corrected chi connectivity index (χ3v) is 12.2. The first-order chi connectivity index (χ1) is 31.6. The van der Waals surface area contributed by atoms with Gasteiger partial charge >= 0.3 is 5.97 Å². The maximum Gasteiger partial charge on any atom is 0.306 e. The van der Waals surface area contributed by atoms with Gasteiger partial charge in [0.05, 0.1) is 26.4 Å². The first kappa shape index (κ1) is 59.3. The summed E-state index contributed by atoms with van der Waals surface area (Å²) in [4.78, 5) is 13.0. The van der Waals surface area contributed by atoms with E-state index < -0.39 is 86.7 Å². The molecule has 2 aliphatic rings. The Kier molecular flexibility index (Phi) is 35.7. The van der Waals surface area contributed by atoms with Gasteiger partial charge in [0.1, 0.15) is 54.9 Å². The SMILES string of the molecule is CC/C=C\C/C=C\C/C=C\CCCCCC(=O)OC(COCCCCCCCCCCCCCCCCCCCC)COC1OC(COC2OC(CO)C(O)C(O)C2O)C(O)C(O)C1O. The minimum absolute atomic E-state index is 0.0521. The Hall–Kier alpha value is -1.79. The Labute approximate surface area is 391 Å². The van der Waals surface area contributed by atoms with Gasteiger partial charge in [-0.05, 0) is 44.9 Å². The lowest BCUT2D eigenvalue weighted by atomic mass is 9.98. The van der Waals surface area contributed by atoms with Crippen molar-refractivity contribution < 1.29 is 69.0 Å². The van der Waals surface area contributed by atoms with Gasteiger partial charge in [-0.2, -0.15) is 0 Å². The number of aliphatic hydroxyl groups excluding tert-OH is 7. The Morgan fingerprint density at radius 2 is 1.00 bits per heavy atom. The second-order valence-corrected chi connectivity index (χ2v) is 18.0. The summed E-state index contributed by atoms with van der Waals surface area (Å²) in [5.41, 5.74) is 0. The van der Waals surface area contributed by atoms with Crippen LogP contribution in [-0.2, 0) is 33.2 Å². The molecule has 11 atom stereocenters. The molecule has 0 aromatic carbocycles. The van der Waals surface area contributed by atoms with Gasteiger partial charge < -0.3 is 64.2 Å². The summed E-state index contributed by atoms with van der Waals surface area (Å²) >= 11 is 0. The van der Waals surface area contributed by atoms with Gasteiger partial charge in [0.15, 0.2) is 12.6 Å². The van der Waals surface area contributed by atoms with E-state index in [-0.39, 0.29) is 19.6 Å². The smallest absolute Gasteiger partial charge is 0.306 e. The number of hydrogen-bond donors (Lipinski definition) is 7. The van der Waals surface area contributed by atoms with Gasteiger partial charge in [-0.25, -0.2) is 0 Å². The number of esters is 1. The van der Waals surface area contributed by atoms with Crippen LogP contribution in [0.2, 0.25) is 0 Å². The molecule has 0 saturated carbocycles. The van der Waals surface area contributed by atoms with Crippen molar-refractivity contribution in [2.45, 2.75) is 248 Å². The molecular weight excluding hydrogens is 837 g/mol. The lowest BCUT2D eigenvalue weighted by Crippen LogP contribution is -2.61. The molecule has 2 heterocycles. The monoisotopic (exact) mass is 929 g/mol. The average Bonchev–Trinajstić information content (AvgIpc) is 3.30. The fourth-order valence-corrected chi connectivity index (χ4v) is 8.01. The van der Waals surface area contributed by atoms with Crippen LogP contribution < -0.4 is 0 Å². The van der Waals surface area contributed by atoms with Crippen LogP contribution in [0.25, 0.3) is 0 Å². The Balaban J connectivity index is 1.77. The molecule has 0 spiro atoms. The molecule has 0 aliphatic carbocycles. The fraction of sp³-hybridized carbons (Fsp3) is 0.863. The third-order valence-electron chi connectivity index (χ3n) is 12.2. The van der Waals surface area contributed by atoms with Crippen LogP contribution in [0.4, 0.5) is 0 Å². The summed E-state index contributed by atoms with van der Waals surface area (Å²) in [5.74, 6) is -0.403. The number of allylic oxidation sites excluding steroid dienone is 6. The van der Waals surface area contributed by atoms with Crippen molar-refractivity contribution in [3.8, 4) is 0 Å². The quantitative estimate of drug-likeness (QED) is 0.0181. The summed E-state index contributed by atoms with van der Waals surface area (Å²) in [5, 5.41) is 72.1. The fourth-order valence-electron chi connectivity index (χ4n) is 8.01. The molecule has 2 rings (SSSR count). The minimum Gasteiger partial charge on any atom is -0.457 e. The zero-order chi connectivity index (χ0) is 47.3. The van der Waals surface area contributed by atoms with Crippen molar-refractivity contribution in [2.75, 3.05) is 33.0 Å². The molecule has 0 aromatic heterocycles. The lowest BCUT2D eigenvalue weighted by molar-refractivity contribution is -0.332. The zero-order valence-corrected chi connectivity index (χ0v) is 40.2. The van der Waals surface area contributed by atoms with Crippen LogP contribution in [0.5, 0.6) is 0 Å². The molecule has 0 aromatic rings. The highest BCUT2D eigenvalue weighted by Gasteiger charge is 2.47. The molecule has 0 radical (unpaired) electrons. The number of hydrogen-bond acceptors (Lipinski definition) is 14. The molecule has 14 nitrogen and oxygen atoms in total. The number of aliphatic hydroxyl groups is 7. The van der Waals surface area contributed by atoms with Crippen LogP contribution in [0.15, 0.2) is 36.5 Å². The number of carbonyl (C=O) groups is 1. The molecule has 2 aliphatic heterocycles. The Bertz CT molecular complexity index is 1220. The topological polar surface area (TPSA) is 214 Å². The van der Waals surface area contributed by atoms with Crippen LogP contribution >= 0.6 is 0 Å². The van der Waals surface area contributed by atoms with E-state index in [1.54, 1.807) is 0 Å². The summed E-state index contributed by atoms with van der Waals surface area (Å²) in [6, 6.07) is 0. The van der Waals surface area contributed by atoms with Gasteiger partial charge in [-0.1, -0.05) is 166 Å². The van der Waals surface area contributed by atoms with Crippen molar-refractivity contribution in [1.82, 2.24) is 0 Å². The molecular formula is C51H92O14. The number of rotatable bonds is 40. The van der Waals surface area contributed by atoms with Gasteiger partial charge in [0, 0.05) is 13.0 Å². The molecule has 11 unspecified atom stereocenters. The average molecular weight is 929 g/mol. The van der Waals surface area contributed by atoms with E-state index in [4.69, 9.17) is 28.4 Å². The van der Waals surface area contributed by atoms with Crippen molar-refractivity contribution in [1.29, 1.82) is 0 Å². The van der Waals surface area contributed by atoms with Crippen LogP contribution in [0.3, 0.4) is 0 Å². The number of unbranched alkanes of at least 4 members (excludes halogenated alkanes) is 20. The van der Waals surface area contributed by atoms with Crippen LogP contribution in [0, 0.1) is 0 Å². The summed E-state index contributed by atoms with van der Waals surface area (Å²) in [7, 11) is 0. The van der Waals surface area contributed by atoms with Gasteiger partial charge in [-0.15, -0.1) is 0 Å². The van der Waals surface area contributed by atoms with Crippen molar-refractivity contribution in [2.24, 2.45) is 0 Å². The lowest BCUT2D eigenvalue weighted by Gasteiger charge is -2.42. The van der Waals surface area contributed by atoms with Crippen molar-refractivity contribution in [3.63, 3.8) is 0 Å². The molecule has 0 amide bonds. The standard InChI is InChI=1S/C51H92O14/c1-3-5-7-9-11-13-15-17-18-19-20-21-23-25-27-29-31-33-35-60-37-40(63-43(53)34-32-30-28-26-24-22-16-14-12-10-8-6-4-2)38-61-50-49(59)47(57)45(55)42(65-50)39-62-51-48(58)46(56)44(54)41(36-52)64-51/h6,8,12,14,22,24,40-42,44-52,54-59H,3-5,7,9-11,13,15-21,23,25-39H2,1-2H3/b8-6-,14-12-,24-22-. The van der Waals surface area contributed by atoms with Crippen molar-refractivity contribution >= 4 is 5.97 Å². The first-order valence-corrected chi connectivity index (χ1v) is 25.6. The highest BCUT2D eigenvalue weighted by Crippen LogP contribution is 2.26. The highest BCUT2D eigenvalue weighted by atomic mass is 16.7. The van der Waals surface area contributed by atoms with Gasteiger partial charge in [-0.3, -0.25) is 4.79 Å². The van der Waals surface area contributed by atoms with E-state index in [1.165, 1.54) is 96.3 Å². The minimum atomic E-state index is -1.71. The molecule has 0 bridgehead atoms. The predicted octanol–water partition coefficient (Wildman–Crippen LogP) is 7.41. The first-order valence-electron chi connectivity index (χ1n) is 25.6. The molecule has 380 valence electrons. The Morgan fingerprint density at radius 1 is 0.523 bits per heavy atom. The van der Waals surface area contributed by atoms with Crippen molar-refractivity contribution in [3.05, 3.63) is 36.5 Å². The van der Waals surface area contributed by atoms with E-state index >= 15 is 0 Å². The second-order valence-electron chi connectivity index (χ2n) is 18.0. The van der Waals surface area contributed by atoms with E-state index in [0.717, 1.165) is 57.8 Å². The molecule has 2 fully saturated rings. The normalized spacial score (nSPS) is 26.8. The highest BCUT2D eigenvalue weighted by molar-refractivity contribution is 5.69. The van der Waals surface area contributed by atoms with E-state index in [9.17, 15) is 40.5 Å². The van der Waals surface area contributed by atoms with E-state index in [1.807, 2.05) is 0 Å². The molecule has 7 N–H and O–H groups in total. The molecule has 14 heteroatoms. The number of ether oxygens (including phenoxy) is 6. The van der Waals surface area contributed by atoms with Crippen LogP contribution in [0.1, 0.15) is 181 Å². The van der Waals surface area contributed by atoms with Gasteiger partial charge in [0.2, 0.25) is 0 Å². The second kappa shape index (κ2) is 39.1. The van der Waals surface area contributed by atoms with E-state index in [0.29, 0.717) is 13.0 Å². The number of carbonyl (C=O) groups excluding carboxylic acids is 1. The summed E-state index contributed by atoms with van der Waals surface area (Å²) in [6.07, 6.45) is 26.4. The van der Waals surface area contributed by atoms with Gasteiger partial charge in [0.25, 0.3) is 0 Å². The summed E-state index contributed by atoms with van der Waals surface area (Å²) in [6.45, 7) is 3.55. The molecule has 65 heavy (non-hydrogen) atoms. The Morgan fingerprint density at radius 3 is 1.55 bits per heavy atom. The van der Waals surface area contributed by atoms with E-state index in [2.05, 4.69) is 50.3 Å². The van der Waals surface area contributed by atoms with Crippen LogP contribution in [-0.4, -0.2) is 142 Å². The molecule has 2 saturated heterocycles. The third kappa shape index (κ3) is 27.1. The summed E-state index contributed by atoms with van der Waals surface area (Å²) < 4.78 is 34.2. The maximum absolute atomic E-state index is 13.0.